The normalized spacial score (nSPS) is 10.1. The number of aromatic carboxylic acids is 1. The number of thiazole rings is 1. The number of rotatable bonds is 5. The van der Waals surface area contributed by atoms with Gasteiger partial charge in [0.2, 0.25) is 5.91 Å². The molecule has 98 valence electrons. The molecule has 0 aliphatic heterocycles. The van der Waals surface area contributed by atoms with Gasteiger partial charge in [0.15, 0.2) is 0 Å². The van der Waals surface area contributed by atoms with Crippen LogP contribution in [0.25, 0.3) is 0 Å². The van der Waals surface area contributed by atoms with E-state index in [0.717, 1.165) is 5.69 Å². The first kappa shape index (κ1) is 13.2. The third-order valence-corrected chi connectivity index (χ3v) is 3.14. The summed E-state index contributed by atoms with van der Waals surface area (Å²) in [5, 5.41) is 13.4. The zero-order chi connectivity index (χ0) is 13.7. The summed E-state index contributed by atoms with van der Waals surface area (Å²) in [6.07, 6.45) is 0.951. The van der Waals surface area contributed by atoms with Crippen molar-refractivity contribution >= 4 is 28.9 Å². The number of carbonyl (C=O) groups is 2. The Morgan fingerprint density at radius 1 is 1.26 bits per heavy atom. The minimum Gasteiger partial charge on any atom is -0.478 e. The van der Waals surface area contributed by atoms with E-state index in [0.29, 0.717) is 18.5 Å². The average Bonchev–Trinajstić information content (AvgIpc) is 2.90. The highest BCUT2D eigenvalue weighted by molar-refractivity contribution is 7.07. The number of anilines is 1. The Kier molecular flexibility index (Phi) is 4.25. The number of carboxylic acids is 1. The van der Waals surface area contributed by atoms with Crippen molar-refractivity contribution in [1.29, 1.82) is 0 Å². The predicted molar refractivity (Wildman–Crippen MR) is 72.5 cm³/mol. The van der Waals surface area contributed by atoms with Gasteiger partial charge in [0.25, 0.3) is 0 Å². The Labute approximate surface area is 113 Å². The first-order valence-corrected chi connectivity index (χ1v) is 6.60. The fraction of sp³-hybridized carbons (Fsp3) is 0.154. The van der Waals surface area contributed by atoms with Gasteiger partial charge < -0.3 is 10.4 Å². The van der Waals surface area contributed by atoms with E-state index in [9.17, 15) is 9.59 Å². The lowest BCUT2D eigenvalue weighted by Gasteiger charge is -2.04. The van der Waals surface area contributed by atoms with Crippen LogP contribution >= 0.6 is 11.3 Å². The van der Waals surface area contributed by atoms with E-state index >= 15 is 0 Å². The lowest BCUT2D eigenvalue weighted by atomic mass is 10.2. The minimum atomic E-state index is -0.985. The highest BCUT2D eigenvalue weighted by atomic mass is 32.1. The van der Waals surface area contributed by atoms with Crippen LogP contribution in [-0.4, -0.2) is 22.0 Å². The zero-order valence-electron chi connectivity index (χ0n) is 10.00. The van der Waals surface area contributed by atoms with Crippen molar-refractivity contribution in [3.05, 3.63) is 46.4 Å². The molecule has 0 spiro atoms. The SMILES string of the molecule is O=C(CCc1cscn1)Nc1ccc(C(=O)O)cc1. The van der Waals surface area contributed by atoms with Gasteiger partial charge >= 0.3 is 5.97 Å². The molecule has 0 fully saturated rings. The largest absolute Gasteiger partial charge is 0.478 e. The molecule has 2 aromatic rings. The maximum Gasteiger partial charge on any atom is 0.335 e. The van der Waals surface area contributed by atoms with Gasteiger partial charge in [-0.1, -0.05) is 0 Å². The van der Waals surface area contributed by atoms with E-state index in [1.54, 1.807) is 17.6 Å². The molecular weight excluding hydrogens is 264 g/mol. The molecule has 1 heterocycles. The number of aromatic nitrogens is 1. The van der Waals surface area contributed by atoms with E-state index in [2.05, 4.69) is 10.3 Å². The van der Waals surface area contributed by atoms with Crippen LogP contribution in [0.4, 0.5) is 5.69 Å². The maximum atomic E-state index is 11.7. The third-order valence-electron chi connectivity index (χ3n) is 2.51. The van der Waals surface area contributed by atoms with Crippen LogP contribution in [0, 0.1) is 0 Å². The van der Waals surface area contributed by atoms with Gasteiger partial charge in [-0.3, -0.25) is 4.79 Å². The Bertz CT molecular complexity index is 564. The van der Waals surface area contributed by atoms with Crippen molar-refractivity contribution in [1.82, 2.24) is 4.98 Å². The van der Waals surface area contributed by atoms with Crippen molar-refractivity contribution in [3.8, 4) is 0 Å². The van der Waals surface area contributed by atoms with Gasteiger partial charge in [0, 0.05) is 17.5 Å². The molecule has 2 N–H and O–H groups in total. The molecule has 0 bridgehead atoms. The first-order valence-electron chi connectivity index (χ1n) is 5.65. The number of carbonyl (C=O) groups excluding carboxylic acids is 1. The van der Waals surface area contributed by atoms with Crippen molar-refractivity contribution in [2.75, 3.05) is 5.32 Å². The molecule has 19 heavy (non-hydrogen) atoms. The number of nitrogens with zero attached hydrogens (tertiary/aromatic N) is 1. The summed E-state index contributed by atoms with van der Waals surface area (Å²) >= 11 is 1.50. The van der Waals surface area contributed by atoms with Crippen molar-refractivity contribution in [2.45, 2.75) is 12.8 Å². The third kappa shape index (κ3) is 3.89. The van der Waals surface area contributed by atoms with Crippen LogP contribution in [0.15, 0.2) is 35.2 Å². The molecule has 2 rings (SSSR count). The average molecular weight is 276 g/mol. The van der Waals surface area contributed by atoms with Crippen LogP contribution in [-0.2, 0) is 11.2 Å². The van der Waals surface area contributed by atoms with Gasteiger partial charge in [-0.05, 0) is 30.7 Å². The number of hydrogen-bond donors (Lipinski definition) is 2. The molecule has 0 atom stereocenters. The van der Waals surface area contributed by atoms with E-state index < -0.39 is 5.97 Å². The van der Waals surface area contributed by atoms with Crippen LogP contribution in [0.1, 0.15) is 22.5 Å². The highest BCUT2D eigenvalue weighted by Gasteiger charge is 2.06. The van der Waals surface area contributed by atoms with Crippen LogP contribution in [0.3, 0.4) is 0 Å². The van der Waals surface area contributed by atoms with Gasteiger partial charge in [-0.15, -0.1) is 11.3 Å². The monoisotopic (exact) mass is 276 g/mol. The van der Waals surface area contributed by atoms with E-state index in [4.69, 9.17) is 5.11 Å². The van der Waals surface area contributed by atoms with E-state index in [-0.39, 0.29) is 11.5 Å². The second-order valence-electron chi connectivity index (χ2n) is 3.91. The standard InChI is InChI=1S/C13H12N2O3S/c16-12(6-5-11-7-19-8-14-11)15-10-3-1-9(2-4-10)13(17)18/h1-4,7-8H,5-6H2,(H,15,16)(H,17,18). The van der Waals surface area contributed by atoms with Crippen LogP contribution in [0.2, 0.25) is 0 Å². The molecule has 1 aromatic heterocycles. The van der Waals surface area contributed by atoms with Gasteiger partial charge in [0.05, 0.1) is 16.8 Å². The number of benzene rings is 1. The number of hydrogen-bond acceptors (Lipinski definition) is 4. The molecule has 1 aromatic carbocycles. The molecule has 0 radical (unpaired) electrons. The number of carboxylic acid groups (broad SMARTS) is 1. The number of nitrogens with one attached hydrogen (secondary N) is 1. The van der Waals surface area contributed by atoms with Crippen molar-refractivity contribution in [2.24, 2.45) is 0 Å². The highest BCUT2D eigenvalue weighted by Crippen LogP contribution is 2.11. The summed E-state index contributed by atoms with van der Waals surface area (Å²) in [4.78, 5) is 26.4. The Balaban J connectivity index is 1.86. The number of aryl methyl sites for hydroxylation is 1. The fourth-order valence-corrected chi connectivity index (χ4v) is 2.12. The van der Waals surface area contributed by atoms with E-state index in [1.807, 2.05) is 5.38 Å². The van der Waals surface area contributed by atoms with Crippen LogP contribution in [0.5, 0.6) is 0 Å². The smallest absolute Gasteiger partial charge is 0.335 e. The van der Waals surface area contributed by atoms with Gasteiger partial charge in [-0.2, -0.15) is 0 Å². The Morgan fingerprint density at radius 3 is 2.58 bits per heavy atom. The summed E-state index contributed by atoms with van der Waals surface area (Å²) in [5.74, 6) is -1.10. The molecular formula is C13H12N2O3S. The Morgan fingerprint density at radius 2 is 2.00 bits per heavy atom. The second-order valence-corrected chi connectivity index (χ2v) is 4.63. The molecule has 1 amide bonds. The maximum absolute atomic E-state index is 11.7. The zero-order valence-corrected chi connectivity index (χ0v) is 10.8. The summed E-state index contributed by atoms with van der Waals surface area (Å²) in [5.41, 5.74) is 3.42. The molecule has 6 heteroatoms. The second kappa shape index (κ2) is 6.10. The summed E-state index contributed by atoms with van der Waals surface area (Å²) in [6, 6.07) is 6.06. The lowest BCUT2D eigenvalue weighted by Crippen LogP contribution is -2.12. The quantitative estimate of drug-likeness (QED) is 0.879. The molecule has 0 aliphatic carbocycles. The molecule has 0 unspecified atom stereocenters. The van der Waals surface area contributed by atoms with E-state index in [1.165, 1.54) is 23.5 Å². The van der Waals surface area contributed by atoms with Crippen LogP contribution < -0.4 is 5.32 Å². The molecule has 0 saturated heterocycles. The molecule has 0 aliphatic rings. The predicted octanol–water partition coefficient (Wildman–Crippen LogP) is 2.41. The first-order chi connectivity index (χ1) is 9.15. The Hall–Kier alpha value is -2.21. The lowest BCUT2D eigenvalue weighted by molar-refractivity contribution is -0.116. The minimum absolute atomic E-state index is 0.115. The number of amides is 1. The van der Waals surface area contributed by atoms with Gasteiger partial charge in [0.1, 0.15) is 0 Å². The topological polar surface area (TPSA) is 79.3 Å². The fourth-order valence-electron chi connectivity index (χ4n) is 1.52. The molecule has 5 nitrogen and oxygen atoms in total. The van der Waals surface area contributed by atoms with Gasteiger partial charge in [-0.25, -0.2) is 9.78 Å². The van der Waals surface area contributed by atoms with Crippen molar-refractivity contribution < 1.29 is 14.7 Å². The summed E-state index contributed by atoms with van der Waals surface area (Å²) in [7, 11) is 0. The summed E-state index contributed by atoms with van der Waals surface area (Å²) < 4.78 is 0. The summed E-state index contributed by atoms with van der Waals surface area (Å²) in [6.45, 7) is 0. The van der Waals surface area contributed by atoms with Crippen molar-refractivity contribution in [3.63, 3.8) is 0 Å². The molecule has 0 saturated carbocycles.